The average Bonchev–Trinajstić information content (AvgIpc) is 3.30. The Morgan fingerprint density at radius 1 is 0.853 bits per heavy atom. The van der Waals surface area contributed by atoms with Gasteiger partial charge in [0.2, 0.25) is 11.0 Å². The van der Waals surface area contributed by atoms with Crippen LogP contribution in [0.5, 0.6) is 0 Å². The van der Waals surface area contributed by atoms with Crippen LogP contribution in [0.1, 0.15) is 20.9 Å². The number of benzene rings is 4. The lowest BCUT2D eigenvalue weighted by Crippen LogP contribution is -2.19. The first-order chi connectivity index (χ1) is 16.7. The number of amides is 2. The van der Waals surface area contributed by atoms with Crippen LogP contribution < -0.4 is 10.7 Å². The number of nitrogens with zero attached hydrogens (tertiary/aromatic N) is 3. The Morgan fingerprint density at radius 2 is 1.50 bits per heavy atom. The molecule has 0 bridgehead atoms. The first-order valence-electron chi connectivity index (χ1n) is 10.6. The molecule has 7 nitrogen and oxygen atoms in total. The molecule has 1 aromatic heterocycles. The highest BCUT2D eigenvalue weighted by Crippen LogP contribution is 2.27. The van der Waals surface area contributed by atoms with Gasteiger partial charge in [-0.25, -0.2) is 5.43 Å². The monoisotopic (exact) mass is 465 g/mol. The molecule has 0 atom stereocenters. The quantitative estimate of drug-likeness (QED) is 0.214. The summed E-state index contributed by atoms with van der Waals surface area (Å²) >= 11 is 1.15. The van der Waals surface area contributed by atoms with Crippen molar-refractivity contribution in [1.82, 2.24) is 15.6 Å². The van der Waals surface area contributed by atoms with E-state index in [4.69, 9.17) is 0 Å². The molecule has 1 heterocycles. The summed E-state index contributed by atoms with van der Waals surface area (Å²) in [5.41, 5.74) is 4.03. The maximum absolute atomic E-state index is 12.4. The Labute approximate surface area is 199 Å². The van der Waals surface area contributed by atoms with Crippen molar-refractivity contribution in [3.63, 3.8) is 0 Å². The molecule has 0 fully saturated rings. The Kier molecular flexibility index (Phi) is 6.05. The second kappa shape index (κ2) is 9.60. The Morgan fingerprint density at radius 3 is 2.21 bits per heavy atom. The lowest BCUT2D eigenvalue weighted by molar-refractivity contribution is -0.120. The van der Waals surface area contributed by atoms with Gasteiger partial charge in [-0.1, -0.05) is 78.1 Å². The number of rotatable bonds is 6. The van der Waals surface area contributed by atoms with E-state index in [1.807, 2.05) is 42.5 Å². The van der Waals surface area contributed by atoms with Crippen LogP contribution in [0.15, 0.2) is 90.0 Å². The molecule has 0 spiro atoms. The van der Waals surface area contributed by atoms with Gasteiger partial charge in [-0.3, -0.25) is 14.9 Å². The summed E-state index contributed by atoms with van der Waals surface area (Å²) in [6.07, 6.45) is 1.68. The molecule has 0 saturated heterocycles. The van der Waals surface area contributed by atoms with Gasteiger partial charge in [-0.05, 0) is 39.7 Å². The number of nitrogens with one attached hydrogen (secondary N) is 2. The third-order valence-electron chi connectivity index (χ3n) is 5.23. The van der Waals surface area contributed by atoms with E-state index in [0.29, 0.717) is 15.7 Å². The molecule has 0 radical (unpaired) electrons. The van der Waals surface area contributed by atoms with E-state index in [0.717, 1.165) is 38.4 Å². The van der Waals surface area contributed by atoms with Gasteiger partial charge in [0.25, 0.3) is 5.91 Å². The van der Waals surface area contributed by atoms with E-state index < -0.39 is 0 Å². The molecule has 166 valence electrons. The fourth-order valence-electron chi connectivity index (χ4n) is 3.67. The van der Waals surface area contributed by atoms with Gasteiger partial charge >= 0.3 is 0 Å². The average molecular weight is 466 g/mol. The van der Waals surface area contributed by atoms with Crippen molar-refractivity contribution < 1.29 is 9.59 Å². The maximum Gasteiger partial charge on any atom is 0.257 e. The first-order valence-corrected chi connectivity index (χ1v) is 11.4. The minimum Gasteiger partial charge on any atom is -0.296 e. The third-order valence-corrected chi connectivity index (χ3v) is 6.07. The number of carbonyl (C=O) groups is 2. The standard InChI is InChI=1S/C26H19N5O2S/c32-23(15-24-30-31-26(34-24)28-25(33)17-8-2-1-3-9-17)29-27-16-22-20-12-6-4-10-18(20)14-19-11-5-7-13-21(19)22/h1-14,16H,15H2,(H,29,32)(H,28,31,33)/b27-16+. The molecule has 0 aliphatic heterocycles. The predicted octanol–water partition coefficient (Wildman–Crippen LogP) is 4.79. The predicted molar refractivity (Wildman–Crippen MR) is 135 cm³/mol. The number of hydrazone groups is 1. The van der Waals surface area contributed by atoms with Crippen LogP contribution in [0.3, 0.4) is 0 Å². The molecule has 2 amide bonds. The maximum atomic E-state index is 12.4. The molecule has 4 aromatic carbocycles. The second-order valence-corrected chi connectivity index (χ2v) is 8.59. The van der Waals surface area contributed by atoms with Gasteiger partial charge < -0.3 is 0 Å². The van der Waals surface area contributed by atoms with Crippen molar-refractivity contribution in [3.05, 3.63) is 101 Å². The smallest absolute Gasteiger partial charge is 0.257 e. The molecule has 0 saturated carbocycles. The zero-order valence-corrected chi connectivity index (χ0v) is 18.8. The van der Waals surface area contributed by atoms with Crippen molar-refractivity contribution in [1.29, 1.82) is 0 Å². The molecule has 5 aromatic rings. The highest BCUT2D eigenvalue weighted by Gasteiger charge is 2.12. The summed E-state index contributed by atoms with van der Waals surface area (Å²) in [5.74, 6) is -0.599. The lowest BCUT2D eigenvalue weighted by atomic mass is 9.97. The van der Waals surface area contributed by atoms with Gasteiger partial charge in [0, 0.05) is 11.1 Å². The van der Waals surface area contributed by atoms with Crippen LogP contribution in [-0.2, 0) is 11.2 Å². The van der Waals surface area contributed by atoms with Crippen LogP contribution in [0.2, 0.25) is 0 Å². The van der Waals surface area contributed by atoms with Crippen molar-refractivity contribution in [2.24, 2.45) is 5.10 Å². The van der Waals surface area contributed by atoms with Crippen molar-refractivity contribution >= 4 is 56.0 Å². The zero-order chi connectivity index (χ0) is 23.3. The topological polar surface area (TPSA) is 96.3 Å². The van der Waals surface area contributed by atoms with Gasteiger partial charge in [-0.15, -0.1) is 10.2 Å². The van der Waals surface area contributed by atoms with Crippen molar-refractivity contribution in [2.45, 2.75) is 6.42 Å². The van der Waals surface area contributed by atoms with Gasteiger partial charge in [0.1, 0.15) is 5.01 Å². The molecular weight excluding hydrogens is 446 g/mol. The van der Waals surface area contributed by atoms with Gasteiger partial charge in [0.15, 0.2) is 0 Å². The highest BCUT2D eigenvalue weighted by atomic mass is 32.1. The Hall–Kier alpha value is -4.43. The summed E-state index contributed by atoms with van der Waals surface area (Å²) in [6, 6.07) is 27.1. The molecule has 0 unspecified atom stereocenters. The zero-order valence-electron chi connectivity index (χ0n) is 17.9. The Balaban J connectivity index is 1.26. The minimum absolute atomic E-state index is 0.00645. The summed E-state index contributed by atoms with van der Waals surface area (Å²) in [4.78, 5) is 24.6. The summed E-state index contributed by atoms with van der Waals surface area (Å²) in [6.45, 7) is 0. The van der Waals surface area contributed by atoms with Gasteiger partial charge in [-0.2, -0.15) is 5.10 Å². The van der Waals surface area contributed by atoms with E-state index in [-0.39, 0.29) is 18.2 Å². The summed E-state index contributed by atoms with van der Waals surface area (Å²) in [7, 11) is 0. The van der Waals surface area contributed by atoms with Crippen molar-refractivity contribution in [3.8, 4) is 0 Å². The number of anilines is 1. The molecule has 34 heavy (non-hydrogen) atoms. The molecular formula is C26H19N5O2S. The van der Waals surface area contributed by atoms with Crippen LogP contribution in [0.4, 0.5) is 5.13 Å². The molecule has 0 aliphatic carbocycles. The van der Waals surface area contributed by atoms with Gasteiger partial charge in [0.05, 0.1) is 12.6 Å². The number of aromatic nitrogens is 2. The number of hydrogen-bond acceptors (Lipinski definition) is 6. The van der Waals surface area contributed by atoms with E-state index >= 15 is 0 Å². The van der Waals surface area contributed by atoms with Crippen LogP contribution in [-0.4, -0.2) is 28.2 Å². The first kappa shape index (κ1) is 21.4. The number of hydrogen-bond donors (Lipinski definition) is 2. The fraction of sp³-hybridized carbons (Fsp3) is 0.0385. The highest BCUT2D eigenvalue weighted by molar-refractivity contribution is 7.15. The Bertz CT molecular complexity index is 1470. The number of carbonyl (C=O) groups excluding carboxylic acids is 2. The van der Waals surface area contributed by atoms with E-state index in [9.17, 15) is 9.59 Å². The van der Waals surface area contributed by atoms with E-state index in [1.54, 1.807) is 30.5 Å². The molecule has 8 heteroatoms. The largest absolute Gasteiger partial charge is 0.296 e. The molecule has 2 N–H and O–H groups in total. The van der Waals surface area contributed by atoms with E-state index in [1.165, 1.54) is 0 Å². The van der Waals surface area contributed by atoms with Crippen molar-refractivity contribution in [2.75, 3.05) is 5.32 Å². The summed E-state index contributed by atoms with van der Waals surface area (Å²) in [5, 5.41) is 20.0. The van der Waals surface area contributed by atoms with Crippen LogP contribution in [0, 0.1) is 0 Å². The normalized spacial score (nSPS) is 11.2. The lowest BCUT2D eigenvalue weighted by Gasteiger charge is -2.07. The SMILES string of the molecule is O=C(Cc1nnc(NC(=O)c2ccccc2)s1)N/N=C/c1c2ccccc2cc2ccccc12. The van der Waals surface area contributed by atoms with Crippen LogP contribution >= 0.6 is 11.3 Å². The second-order valence-electron chi connectivity index (χ2n) is 7.52. The summed E-state index contributed by atoms with van der Waals surface area (Å²) < 4.78 is 0. The molecule has 5 rings (SSSR count). The minimum atomic E-state index is -0.321. The third kappa shape index (κ3) is 4.67. The molecule has 0 aliphatic rings. The van der Waals surface area contributed by atoms with Crippen LogP contribution in [0.25, 0.3) is 21.5 Å². The number of fused-ring (bicyclic) bond motifs is 2. The van der Waals surface area contributed by atoms with E-state index in [2.05, 4.69) is 44.2 Å². The fourth-order valence-corrected chi connectivity index (χ4v) is 4.40.